The second-order valence-corrected chi connectivity index (χ2v) is 5.09. The van der Waals surface area contributed by atoms with E-state index in [1.165, 1.54) is 0 Å². The highest BCUT2D eigenvalue weighted by Crippen LogP contribution is 2.18. The van der Waals surface area contributed by atoms with Crippen molar-refractivity contribution in [1.29, 1.82) is 0 Å². The molecule has 0 aromatic carbocycles. The average molecular weight is 271 g/mol. The quantitative estimate of drug-likeness (QED) is 0.519. The molecule has 1 saturated carbocycles. The summed E-state index contributed by atoms with van der Waals surface area (Å²) in [4.78, 5) is 33.6. The SMILES string of the molecule is CC(C)C(CNC(=O)NCC(=O)NC1CC1)C(=O)O. The molecule has 0 aromatic rings. The number of hydrogen-bond donors (Lipinski definition) is 4. The molecule has 1 fully saturated rings. The summed E-state index contributed by atoms with van der Waals surface area (Å²) in [7, 11) is 0. The molecule has 1 rings (SSSR count). The number of carboxylic acid groups (broad SMARTS) is 1. The first kappa shape index (κ1) is 15.3. The van der Waals surface area contributed by atoms with Crippen LogP contribution in [0, 0.1) is 11.8 Å². The second kappa shape index (κ2) is 6.96. The van der Waals surface area contributed by atoms with Gasteiger partial charge in [0.2, 0.25) is 5.91 Å². The molecule has 0 aromatic heterocycles. The van der Waals surface area contributed by atoms with Crippen LogP contribution in [-0.4, -0.2) is 42.1 Å². The van der Waals surface area contributed by atoms with Crippen molar-refractivity contribution in [3.05, 3.63) is 0 Å². The van der Waals surface area contributed by atoms with E-state index < -0.39 is 17.9 Å². The molecule has 108 valence electrons. The molecule has 0 bridgehead atoms. The second-order valence-electron chi connectivity index (χ2n) is 5.09. The molecule has 0 saturated heterocycles. The molecular formula is C12H21N3O4. The molecule has 4 N–H and O–H groups in total. The minimum absolute atomic E-state index is 0.0447. The van der Waals surface area contributed by atoms with Gasteiger partial charge in [0.1, 0.15) is 0 Å². The van der Waals surface area contributed by atoms with Gasteiger partial charge in [-0.3, -0.25) is 9.59 Å². The minimum Gasteiger partial charge on any atom is -0.481 e. The van der Waals surface area contributed by atoms with Crippen LogP contribution in [0.25, 0.3) is 0 Å². The van der Waals surface area contributed by atoms with Crippen molar-refractivity contribution in [2.45, 2.75) is 32.7 Å². The van der Waals surface area contributed by atoms with Crippen LogP contribution in [0.5, 0.6) is 0 Å². The minimum atomic E-state index is -0.943. The molecule has 1 aliphatic rings. The highest BCUT2D eigenvalue weighted by molar-refractivity contribution is 5.84. The van der Waals surface area contributed by atoms with Crippen molar-refractivity contribution in [3.8, 4) is 0 Å². The zero-order valence-electron chi connectivity index (χ0n) is 11.2. The van der Waals surface area contributed by atoms with Crippen molar-refractivity contribution >= 4 is 17.9 Å². The summed E-state index contributed by atoms with van der Waals surface area (Å²) >= 11 is 0. The maximum Gasteiger partial charge on any atom is 0.315 e. The highest BCUT2D eigenvalue weighted by Gasteiger charge is 2.24. The van der Waals surface area contributed by atoms with E-state index in [0.29, 0.717) is 0 Å². The molecule has 0 spiro atoms. The van der Waals surface area contributed by atoms with Crippen molar-refractivity contribution in [2.75, 3.05) is 13.1 Å². The Morgan fingerprint density at radius 3 is 2.32 bits per heavy atom. The van der Waals surface area contributed by atoms with E-state index >= 15 is 0 Å². The van der Waals surface area contributed by atoms with Gasteiger partial charge in [0.25, 0.3) is 0 Å². The summed E-state index contributed by atoms with van der Waals surface area (Å²) in [6.45, 7) is 3.51. The van der Waals surface area contributed by atoms with E-state index in [0.717, 1.165) is 12.8 Å². The van der Waals surface area contributed by atoms with Gasteiger partial charge in [-0.25, -0.2) is 4.79 Å². The predicted molar refractivity (Wildman–Crippen MR) is 68.5 cm³/mol. The summed E-state index contributed by atoms with van der Waals surface area (Å²) < 4.78 is 0. The van der Waals surface area contributed by atoms with Crippen LogP contribution in [0.3, 0.4) is 0 Å². The average Bonchev–Trinajstić information content (AvgIpc) is 3.09. The van der Waals surface area contributed by atoms with Gasteiger partial charge in [-0.2, -0.15) is 0 Å². The lowest BCUT2D eigenvalue weighted by atomic mass is 9.96. The normalized spacial score (nSPS) is 15.7. The van der Waals surface area contributed by atoms with E-state index in [2.05, 4.69) is 16.0 Å². The van der Waals surface area contributed by atoms with E-state index in [1.807, 2.05) is 0 Å². The Kier molecular flexibility index (Phi) is 5.59. The molecule has 0 heterocycles. The number of rotatable bonds is 7. The van der Waals surface area contributed by atoms with Gasteiger partial charge in [0, 0.05) is 12.6 Å². The van der Waals surface area contributed by atoms with Gasteiger partial charge in [0.05, 0.1) is 12.5 Å². The Labute approximate surface area is 112 Å². The molecule has 3 amide bonds. The zero-order valence-corrected chi connectivity index (χ0v) is 11.2. The molecule has 1 aliphatic carbocycles. The highest BCUT2D eigenvalue weighted by atomic mass is 16.4. The maximum atomic E-state index is 11.4. The zero-order chi connectivity index (χ0) is 14.4. The largest absolute Gasteiger partial charge is 0.481 e. The van der Waals surface area contributed by atoms with Gasteiger partial charge in [-0.05, 0) is 18.8 Å². The first-order chi connectivity index (χ1) is 8.90. The predicted octanol–water partition coefficient (Wildman–Crippen LogP) is -0.0790. The lowest BCUT2D eigenvalue weighted by molar-refractivity contribution is -0.143. The van der Waals surface area contributed by atoms with E-state index in [4.69, 9.17) is 5.11 Å². The van der Waals surface area contributed by atoms with Crippen molar-refractivity contribution in [3.63, 3.8) is 0 Å². The molecular weight excluding hydrogens is 250 g/mol. The Morgan fingerprint density at radius 2 is 1.84 bits per heavy atom. The number of amides is 3. The number of carboxylic acids is 1. The fourth-order valence-corrected chi connectivity index (χ4v) is 1.54. The molecule has 1 atom stereocenters. The third kappa shape index (κ3) is 6.08. The molecule has 1 unspecified atom stereocenters. The van der Waals surface area contributed by atoms with Crippen molar-refractivity contribution in [1.82, 2.24) is 16.0 Å². The number of aliphatic carboxylic acids is 1. The Balaban J connectivity index is 2.18. The smallest absolute Gasteiger partial charge is 0.315 e. The number of carbonyl (C=O) groups is 3. The fraction of sp³-hybridized carbons (Fsp3) is 0.750. The molecule has 0 radical (unpaired) electrons. The van der Waals surface area contributed by atoms with E-state index in [9.17, 15) is 14.4 Å². The van der Waals surface area contributed by atoms with Crippen LogP contribution in [0.1, 0.15) is 26.7 Å². The molecule has 7 nitrogen and oxygen atoms in total. The van der Waals surface area contributed by atoms with Crippen LogP contribution in [0.4, 0.5) is 4.79 Å². The summed E-state index contributed by atoms with van der Waals surface area (Å²) in [5.41, 5.74) is 0. The van der Waals surface area contributed by atoms with Gasteiger partial charge in [0.15, 0.2) is 0 Å². The van der Waals surface area contributed by atoms with Crippen LogP contribution >= 0.6 is 0 Å². The summed E-state index contributed by atoms with van der Waals surface area (Å²) in [6.07, 6.45) is 1.99. The first-order valence-electron chi connectivity index (χ1n) is 6.44. The Bertz CT molecular complexity index is 353. The lowest BCUT2D eigenvalue weighted by Gasteiger charge is -2.16. The first-order valence-corrected chi connectivity index (χ1v) is 6.44. The van der Waals surface area contributed by atoms with Gasteiger partial charge in [-0.1, -0.05) is 13.8 Å². The van der Waals surface area contributed by atoms with Crippen LogP contribution in [-0.2, 0) is 9.59 Å². The standard InChI is InChI=1S/C12H21N3O4/c1-7(2)9(11(17)18)5-13-12(19)14-6-10(16)15-8-3-4-8/h7-9H,3-6H2,1-2H3,(H,15,16)(H,17,18)(H2,13,14,19). The number of urea groups is 1. The van der Waals surface area contributed by atoms with Gasteiger partial charge in [-0.15, -0.1) is 0 Å². The maximum absolute atomic E-state index is 11.4. The Morgan fingerprint density at radius 1 is 1.21 bits per heavy atom. The molecule has 19 heavy (non-hydrogen) atoms. The van der Waals surface area contributed by atoms with Gasteiger partial charge < -0.3 is 21.1 Å². The third-order valence-electron chi connectivity index (χ3n) is 2.96. The van der Waals surface area contributed by atoms with Crippen molar-refractivity contribution < 1.29 is 19.5 Å². The third-order valence-corrected chi connectivity index (χ3v) is 2.96. The van der Waals surface area contributed by atoms with Crippen molar-refractivity contribution in [2.24, 2.45) is 11.8 Å². The summed E-state index contributed by atoms with van der Waals surface area (Å²) in [6, 6.07) is -0.271. The summed E-state index contributed by atoms with van der Waals surface area (Å²) in [5.74, 6) is -1.87. The number of carbonyl (C=O) groups excluding carboxylic acids is 2. The molecule has 0 aliphatic heterocycles. The number of hydrogen-bond acceptors (Lipinski definition) is 3. The fourth-order valence-electron chi connectivity index (χ4n) is 1.54. The van der Waals surface area contributed by atoms with Crippen LogP contribution in [0.2, 0.25) is 0 Å². The topological polar surface area (TPSA) is 108 Å². The lowest BCUT2D eigenvalue weighted by Crippen LogP contribution is -2.45. The van der Waals surface area contributed by atoms with E-state index in [-0.39, 0.29) is 31.0 Å². The Hall–Kier alpha value is -1.79. The van der Waals surface area contributed by atoms with Crippen LogP contribution in [0.15, 0.2) is 0 Å². The molecule has 7 heteroatoms. The van der Waals surface area contributed by atoms with E-state index in [1.54, 1.807) is 13.8 Å². The van der Waals surface area contributed by atoms with Crippen LogP contribution < -0.4 is 16.0 Å². The summed E-state index contributed by atoms with van der Waals surface area (Å²) in [5, 5.41) is 16.5. The monoisotopic (exact) mass is 271 g/mol. The number of nitrogens with one attached hydrogen (secondary N) is 3. The van der Waals surface area contributed by atoms with Gasteiger partial charge >= 0.3 is 12.0 Å².